The monoisotopic (exact) mass is 343 g/mol. The molecule has 0 aliphatic carbocycles. The van der Waals surface area contributed by atoms with Crippen LogP contribution < -0.4 is 14.8 Å². The van der Waals surface area contributed by atoms with E-state index in [9.17, 15) is 4.79 Å². The summed E-state index contributed by atoms with van der Waals surface area (Å²) in [7, 11) is 1.57. The Hall–Kier alpha value is -2.76. The number of carbonyl (C=O) groups is 1. The maximum absolute atomic E-state index is 12.2. The Morgan fingerprint density at radius 2 is 2.16 bits per heavy atom. The topological polar surface area (TPSA) is 65.4 Å². The van der Waals surface area contributed by atoms with Crippen LogP contribution >= 0.6 is 0 Å². The molecule has 134 valence electrons. The molecule has 1 aromatic carbocycles. The van der Waals surface area contributed by atoms with Gasteiger partial charge in [-0.3, -0.25) is 4.79 Å². The summed E-state index contributed by atoms with van der Waals surface area (Å²) in [5.41, 5.74) is 1.07. The second-order valence-corrected chi connectivity index (χ2v) is 6.11. The first kappa shape index (κ1) is 18.6. The van der Waals surface area contributed by atoms with Crippen molar-refractivity contribution in [2.75, 3.05) is 19.0 Å². The van der Waals surface area contributed by atoms with Crippen LogP contribution in [0, 0.1) is 5.92 Å². The average molecular weight is 343 g/mol. The fourth-order valence-corrected chi connectivity index (χ4v) is 2.38. The van der Waals surface area contributed by atoms with Crippen molar-refractivity contribution < 1.29 is 14.3 Å². The Balaban J connectivity index is 1.96. The van der Waals surface area contributed by atoms with Crippen molar-refractivity contribution in [3.63, 3.8) is 0 Å². The summed E-state index contributed by atoms with van der Waals surface area (Å²) in [6, 6.07) is 7.38. The highest BCUT2D eigenvalue weighted by Crippen LogP contribution is 2.28. The van der Waals surface area contributed by atoms with Gasteiger partial charge in [0, 0.05) is 12.6 Å². The van der Waals surface area contributed by atoms with E-state index in [1.165, 1.54) is 0 Å². The minimum absolute atomic E-state index is 0.107. The van der Waals surface area contributed by atoms with Gasteiger partial charge in [-0.05, 0) is 30.0 Å². The number of rotatable bonds is 9. The number of benzene rings is 1. The van der Waals surface area contributed by atoms with Gasteiger partial charge in [-0.25, -0.2) is 4.68 Å². The van der Waals surface area contributed by atoms with Crippen molar-refractivity contribution in [2.45, 2.75) is 26.8 Å². The number of anilines is 1. The van der Waals surface area contributed by atoms with Gasteiger partial charge in [0.15, 0.2) is 18.1 Å². The Morgan fingerprint density at radius 1 is 1.36 bits per heavy atom. The zero-order valence-electron chi connectivity index (χ0n) is 15.0. The molecule has 0 bridgehead atoms. The third kappa shape index (κ3) is 5.38. The minimum Gasteiger partial charge on any atom is -0.493 e. The van der Waals surface area contributed by atoms with Gasteiger partial charge in [0.25, 0.3) is 5.91 Å². The zero-order valence-corrected chi connectivity index (χ0v) is 15.0. The molecule has 0 fully saturated rings. The Morgan fingerprint density at radius 3 is 2.84 bits per heavy atom. The molecule has 1 amide bonds. The fourth-order valence-electron chi connectivity index (χ4n) is 2.38. The van der Waals surface area contributed by atoms with Crippen LogP contribution in [0.15, 0.2) is 43.1 Å². The second-order valence-electron chi connectivity index (χ2n) is 6.11. The van der Waals surface area contributed by atoms with Gasteiger partial charge >= 0.3 is 0 Å². The van der Waals surface area contributed by atoms with E-state index in [4.69, 9.17) is 9.47 Å². The first-order valence-corrected chi connectivity index (χ1v) is 8.25. The third-order valence-electron chi connectivity index (χ3n) is 3.49. The van der Waals surface area contributed by atoms with Crippen molar-refractivity contribution in [1.29, 1.82) is 0 Å². The number of ether oxygens (including phenoxy) is 2. The first-order valence-electron chi connectivity index (χ1n) is 8.25. The fraction of sp³-hybridized carbons (Fsp3) is 0.368. The Kier molecular flexibility index (Phi) is 6.62. The van der Waals surface area contributed by atoms with Crippen LogP contribution in [0.4, 0.5) is 5.82 Å². The van der Waals surface area contributed by atoms with Crippen LogP contribution in [0.2, 0.25) is 0 Å². The van der Waals surface area contributed by atoms with Gasteiger partial charge in [0.05, 0.1) is 13.3 Å². The van der Waals surface area contributed by atoms with E-state index in [-0.39, 0.29) is 12.5 Å². The lowest BCUT2D eigenvalue weighted by Gasteiger charge is -2.13. The maximum atomic E-state index is 12.2. The summed E-state index contributed by atoms with van der Waals surface area (Å²) in [6.07, 6.45) is 4.24. The number of amides is 1. The van der Waals surface area contributed by atoms with Crippen LogP contribution in [0.25, 0.3) is 0 Å². The number of hydrogen-bond donors (Lipinski definition) is 1. The summed E-state index contributed by atoms with van der Waals surface area (Å²) >= 11 is 0. The van der Waals surface area contributed by atoms with E-state index < -0.39 is 0 Å². The van der Waals surface area contributed by atoms with Crippen molar-refractivity contribution >= 4 is 11.7 Å². The van der Waals surface area contributed by atoms with Gasteiger partial charge in [-0.1, -0.05) is 26.0 Å². The summed E-state index contributed by atoms with van der Waals surface area (Å²) < 4.78 is 12.7. The average Bonchev–Trinajstić information content (AvgIpc) is 2.99. The van der Waals surface area contributed by atoms with E-state index >= 15 is 0 Å². The highest BCUT2D eigenvalue weighted by Gasteiger charge is 2.11. The van der Waals surface area contributed by atoms with Crippen molar-refractivity contribution in [1.82, 2.24) is 9.78 Å². The largest absolute Gasteiger partial charge is 0.493 e. The van der Waals surface area contributed by atoms with Crippen molar-refractivity contribution in [3.8, 4) is 11.5 Å². The second kappa shape index (κ2) is 8.92. The van der Waals surface area contributed by atoms with Crippen LogP contribution in [0.3, 0.4) is 0 Å². The lowest BCUT2D eigenvalue weighted by molar-refractivity contribution is -0.118. The van der Waals surface area contributed by atoms with Crippen LogP contribution in [0.5, 0.6) is 11.5 Å². The number of aromatic nitrogens is 2. The lowest BCUT2D eigenvalue weighted by Crippen LogP contribution is -2.23. The van der Waals surface area contributed by atoms with E-state index in [0.717, 1.165) is 18.5 Å². The molecular formula is C19H25N3O3. The van der Waals surface area contributed by atoms with E-state index in [2.05, 4.69) is 30.8 Å². The van der Waals surface area contributed by atoms with Gasteiger partial charge in [-0.2, -0.15) is 5.10 Å². The molecule has 2 aromatic rings. The highest BCUT2D eigenvalue weighted by atomic mass is 16.5. The SMILES string of the molecule is C=CCc1ccc(OCC(=O)Nc2ccnn2CC(C)C)c(OC)c1. The number of methoxy groups -OCH3 is 1. The van der Waals surface area contributed by atoms with Gasteiger partial charge in [0.2, 0.25) is 0 Å². The number of nitrogens with one attached hydrogen (secondary N) is 1. The van der Waals surface area contributed by atoms with E-state index in [1.807, 2.05) is 18.2 Å². The lowest BCUT2D eigenvalue weighted by atomic mass is 10.1. The Bertz CT molecular complexity index is 722. The van der Waals surface area contributed by atoms with Gasteiger partial charge in [-0.15, -0.1) is 6.58 Å². The predicted molar refractivity (Wildman–Crippen MR) is 98.1 cm³/mol. The number of nitrogens with zero attached hydrogens (tertiary/aromatic N) is 2. The molecule has 0 aliphatic rings. The Labute approximate surface area is 148 Å². The molecule has 0 radical (unpaired) electrons. The quantitative estimate of drug-likeness (QED) is 0.710. The number of allylic oxidation sites excluding steroid dienone is 1. The van der Waals surface area contributed by atoms with Crippen LogP contribution in [0.1, 0.15) is 19.4 Å². The van der Waals surface area contributed by atoms with Crippen LogP contribution in [-0.4, -0.2) is 29.4 Å². The highest BCUT2D eigenvalue weighted by molar-refractivity contribution is 5.91. The van der Waals surface area contributed by atoms with Gasteiger partial charge in [0.1, 0.15) is 5.82 Å². The smallest absolute Gasteiger partial charge is 0.263 e. The van der Waals surface area contributed by atoms with Gasteiger partial charge < -0.3 is 14.8 Å². The molecule has 6 nitrogen and oxygen atoms in total. The molecule has 1 N–H and O–H groups in total. The number of hydrogen-bond acceptors (Lipinski definition) is 4. The summed E-state index contributed by atoms with van der Waals surface area (Å²) in [5.74, 6) is 1.97. The first-order chi connectivity index (χ1) is 12.0. The zero-order chi connectivity index (χ0) is 18.2. The molecule has 0 aliphatic heterocycles. The minimum atomic E-state index is -0.247. The molecule has 6 heteroatoms. The molecule has 0 spiro atoms. The molecule has 2 rings (SSSR count). The summed E-state index contributed by atoms with van der Waals surface area (Å²) in [4.78, 5) is 12.2. The van der Waals surface area contributed by atoms with Crippen molar-refractivity contribution in [3.05, 3.63) is 48.7 Å². The third-order valence-corrected chi connectivity index (χ3v) is 3.49. The molecule has 0 saturated heterocycles. The standard InChI is InChI=1S/C19H25N3O3/c1-5-6-15-7-8-16(17(11-15)24-4)25-13-19(23)21-18-9-10-20-22(18)12-14(2)3/h5,7-11,14H,1,6,12-13H2,2-4H3,(H,21,23). The predicted octanol–water partition coefficient (Wildman–Crippen LogP) is 3.29. The number of carbonyl (C=O) groups excluding carboxylic acids is 1. The molecule has 1 aromatic heterocycles. The van der Waals surface area contributed by atoms with Crippen molar-refractivity contribution in [2.24, 2.45) is 5.92 Å². The molecule has 25 heavy (non-hydrogen) atoms. The van der Waals surface area contributed by atoms with E-state index in [1.54, 1.807) is 30.1 Å². The molecular weight excluding hydrogens is 318 g/mol. The molecule has 0 unspecified atom stereocenters. The van der Waals surface area contributed by atoms with E-state index in [0.29, 0.717) is 23.2 Å². The maximum Gasteiger partial charge on any atom is 0.263 e. The summed E-state index contributed by atoms with van der Waals surface area (Å²) in [5, 5.41) is 7.03. The normalized spacial score (nSPS) is 10.6. The molecule has 0 atom stereocenters. The van der Waals surface area contributed by atoms with Crippen LogP contribution in [-0.2, 0) is 17.8 Å². The molecule has 0 saturated carbocycles. The summed E-state index contributed by atoms with van der Waals surface area (Å²) in [6.45, 7) is 8.54. The molecule has 1 heterocycles.